The maximum atomic E-state index is 6.72. The summed E-state index contributed by atoms with van der Waals surface area (Å²) < 4.78 is 11.6. The van der Waals surface area contributed by atoms with Crippen molar-refractivity contribution in [3.8, 4) is 11.5 Å². The average molecular weight is 494 g/mol. The Balaban J connectivity index is 0.000000251. The first-order chi connectivity index (χ1) is 11.7. The van der Waals surface area contributed by atoms with Crippen LogP contribution in [0.15, 0.2) is 24.3 Å². The quantitative estimate of drug-likeness (QED) is 0.289. The molecule has 134 valence electrons. The first-order valence-corrected chi connectivity index (χ1v) is 9.25. The highest BCUT2D eigenvalue weighted by Gasteiger charge is 2.09. The molecule has 8 heteroatoms. The van der Waals surface area contributed by atoms with Crippen molar-refractivity contribution in [3.63, 3.8) is 0 Å². The van der Waals surface area contributed by atoms with Crippen LogP contribution < -0.4 is 9.47 Å². The molecule has 2 heterocycles. The lowest BCUT2D eigenvalue weighted by Crippen LogP contribution is -2.06. The molecule has 0 unspecified atom stereocenters. The third-order valence-corrected chi connectivity index (χ3v) is 3.56. The summed E-state index contributed by atoms with van der Waals surface area (Å²) in [6.07, 6.45) is 0.183. The van der Waals surface area contributed by atoms with Gasteiger partial charge in [0.2, 0.25) is 0 Å². The van der Waals surface area contributed by atoms with Gasteiger partial charge < -0.3 is 14.3 Å². The zero-order valence-electron chi connectivity index (χ0n) is 14.3. The molecule has 0 aliphatic rings. The van der Waals surface area contributed by atoms with E-state index in [2.05, 4.69) is 37.4 Å². The molecule has 0 fully saturated rings. The van der Waals surface area contributed by atoms with Crippen LogP contribution in [0.2, 0.25) is 10.3 Å². The lowest BCUT2D eigenvalue weighted by atomic mass is 10.4. The van der Waals surface area contributed by atoms with Crippen LogP contribution in [0.4, 0.5) is 5.82 Å². The highest BCUT2D eigenvalue weighted by atomic mass is 127. The van der Waals surface area contributed by atoms with E-state index < -0.39 is 0 Å². The SMILES string of the molecule is CC(C)Oc1ccc(I)nc1Cl.[C-]#[N+]c1ccc(OC(C)C)c(Cl)n1. The lowest BCUT2D eigenvalue weighted by molar-refractivity contribution is 0.241. The van der Waals surface area contributed by atoms with Crippen molar-refractivity contribution >= 4 is 51.6 Å². The summed E-state index contributed by atoms with van der Waals surface area (Å²) in [6, 6.07) is 6.93. The van der Waals surface area contributed by atoms with Gasteiger partial charge in [-0.15, -0.1) is 4.98 Å². The number of hydrogen-bond acceptors (Lipinski definition) is 4. The van der Waals surface area contributed by atoms with E-state index in [1.54, 1.807) is 12.1 Å². The summed E-state index contributed by atoms with van der Waals surface area (Å²) in [5, 5.41) is 0.665. The molecule has 2 aromatic heterocycles. The minimum Gasteiger partial charge on any atom is -0.488 e. The predicted octanol–water partition coefficient (Wildman–Crippen LogP) is 6.20. The number of aromatic nitrogens is 2. The standard InChI is InChI=1S/C9H9ClN2O.C8H9ClINO/c1-6(2)13-7-4-5-8(11-3)12-9(7)10;1-5(2)12-6-3-4-7(10)11-8(6)9/h4-6H,1-2H3;3-5H,1-2H3. The lowest BCUT2D eigenvalue weighted by Gasteiger charge is -2.10. The molecule has 0 bridgehead atoms. The van der Waals surface area contributed by atoms with Crippen molar-refractivity contribution in [2.24, 2.45) is 0 Å². The van der Waals surface area contributed by atoms with E-state index in [-0.39, 0.29) is 23.2 Å². The second-order valence-corrected chi connectivity index (χ2v) is 7.15. The highest BCUT2D eigenvalue weighted by Crippen LogP contribution is 2.26. The topological polar surface area (TPSA) is 48.6 Å². The highest BCUT2D eigenvalue weighted by molar-refractivity contribution is 14.1. The number of pyridine rings is 2. The van der Waals surface area contributed by atoms with Gasteiger partial charge in [0.15, 0.2) is 16.7 Å². The van der Waals surface area contributed by atoms with Crippen molar-refractivity contribution in [1.29, 1.82) is 0 Å². The summed E-state index contributed by atoms with van der Waals surface area (Å²) in [7, 11) is 0. The van der Waals surface area contributed by atoms with E-state index in [1.807, 2.05) is 39.8 Å². The molecular formula is C17H18Cl2IN3O2. The van der Waals surface area contributed by atoms with Gasteiger partial charge in [-0.25, -0.2) is 4.98 Å². The number of nitrogens with zero attached hydrogens (tertiary/aromatic N) is 3. The van der Waals surface area contributed by atoms with Crippen LogP contribution in [0, 0.1) is 10.3 Å². The summed E-state index contributed by atoms with van der Waals surface area (Å²) >= 11 is 13.7. The van der Waals surface area contributed by atoms with Crippen molar-refractivity contribution in [2.75, 3.05) is 0 Å². The normalized spacial score (nSPS) is 10.1. The van der Waals surface area contributed by atoms with Crippen LogP contribution in [-0.4, -0.2) is 22.2 Å². The van der Waals surface area contributed by atoms with Crippen LogP contribution in [0.1, 0.15) is 27.7 Å². The number of halogens is 3. The monoisotopic (exact) mass is 493 g/mol. The molecule has 0 radical (unpaired) electrons. The Morgan fingerprint density at radius 2 is 1.40 bits per heavy atom. The summed E-state index contributed by atoms with van der Waals surface area (Å²) in [5.74, 6) is 1.44. The van der Waals surface area contributed by atoms with E-state index in [0.717, 1.165) is 3.70 Å². The fraction of sp³-hybridized carbons (Fsp3) is 0.353. The second-order valence-electron chi connectivity index (χ2n) is 5.33. The van der Waals surface area contributed by atoms with Crippen molar-refractivity contribution in [3.05, 3.63) is 49.7 Å². The molecule has 0 aliphatic carbocycles. The van der Waals surface area contributed by atoms with Gasteiger partial charge >= 0.3 is 0 Å². The van der Waals surface area contributed by atoms with Gasteiger partial charge in [-0.1, -0.05) is 18.2 Å². The van der Waals surface area contributed by atoms with Gasteiger partial charge in [0.05, 0.1) is 12.2 Å². The van der Waals surface area contributed by atoms with Crippen molar-refractivity contribution in [1.82, 2.24) is 9.97 Å². The van der Waals surface area contributed by atoms with Gasteiger partial charge in [0.1, 0.15) is 3.70 Å². The average Bonchev–Trinajstić information content (AvgIpc) is 2.52. The smallest absolute Gasteiger partial charge is 0.271 e. The molecule has 2 aromatic rings. The molecule has 0 saturated heterocycles. The second kappa shape index (κ2) is 10.6. The Morgan fingerprint density at radius 3 is 1.80 bits per heavy atom. The molecule has 0 aromatic carbocycles. The first-order valence-electron chi connectivity index (χ1n) is 7.42. The van der Waals surface area contributed by atoms with Crippen molar-refractivity contribution in [2.45, 2.75) is 39.9 Å². The molecular weight excluding hydrogens is 476 g/mol. The van der Waals surface area contributed by atoms with Gasteiger partial charge in [-0.3, -0.25) is 0 Å². The van der Waals surface area contributed by atoms with E-state index in [9.17, 15) is 0 Å². The van der Waals surface area contributed by atoms with E-state index >= 15 is 0 Å². The maximum Gasteiger partial charge on any atom is 0.271 e. The Morgan fingerprint density at radius 1 is 0.920 bits per heavy atom. The zero-order chi connectivity index (χ0) is 19.0. The van der Waals surface area contributed by atoms with E-state index in [0.29, 0.717) is 16.7 Å². The third kappa shape index (κ3) is 8.08. The van der Waals surface area contributed by atoms with Gasteiger partial charge in [-0.05, 0) is 86.2 Å². The largest absolute Gasteiger partial charge is 0.488 e. The molecule has 25 heavy (non-hydrogen) atoms. The summed E-state index contributed by atoms with van der Waals surface area (Å²) in [5.41, 5.74) is 0. The maximum absolute atomic E-state index is 6.72. The van der Waals surface area contributed by atoms with Crippen molar-refractivity contribution < 1.29 is 9.47 Å². The van der Waals surface area contributed by atoms with Crippen LogP contribution in [0.5, 0.6) is 11.5 Å². The molecule has 0 amide bonds. The first kappa shape index (κ1) is 21.7. The number of rotatable bonds is 4. The summed E-state index contributed by atoms with van der Waals surface area (Å²) in [4.78, 5) is 11.0. The fourth-order valence-electron chi connectivity index (χ4n) is 1.56. The van der Waals surface area contributed by atoms with Crippen LogP contribution in [0.3, 0.4) is 0 Å². The Labute approximate surface area is 171 Å². The molecule has 0 spiro atoms. The van der Waals surface area contributed by atoms with E-state index in [1.165, 1.54) is 0 Å². The zero-order valence-corrected chi connectivity index (χ0v) is 17.9. The molecule has 0 atom stereocenters. The molecule has 2 rings (SSSR count). The molecule has 0 aliphatic heterocycles. The van der Waals surface area contributed by atoms with Crippen LogP contribution in [-0.2, 0) is 0 Å². The molecule has 0 N–H and O–H groups in total. The minimum atomic E-state index is 0.0538. The summed E-state index contributed by atoms with van der Waals surface area (Å²) in [6.45, 7) is 14.4. The third-order valence-electron chi connectivity index (χ3n) is 2.42. The Hall–Kier alpha value is -1.30. The Bertz CT molecular complexity index is 749. The van der Waals surface area contributed by atoms with Crippen LogP contribution in [0.25, 0.3) is 4.85 Å². The number of hydrogen-bond donors (Lipinski definition) is 0. The molecule has 0 saturated carbocycles. The van der Waals surface area contributed by atoms with Gasteiger partial charge in [0.25, 0.3) is 11.0 Å². The minimum absolute atomic E-state index is 0.0538. The fourth-order valence-corrected chi connectivity index (χ4v) is 2.51. The predicted molar refractivity (Wildman–Crippen MR) is 109 cm³/mol. The van der Waals surface area contributed by atoms with Gasteiger partial charge in [-0.2, -0.15) is 0 Å². The Kier molecular flexibility index (Phi) is 9.25. The van der Waals surface area contributed by atoms with Gasteiger partial charge in [0, 0.05) is 0 Å². The van der Waals surface area contributed by atoms with Crippen LogP contribution >= 0.6 is 45.8 Å². The molecule has 5 nitrogen and oxygen atoms in total. The number of ether oxygens (including phenoxy) is 2. The van der Waals surface area contributed by atoms with E-state index in [4.69, 9.17) is 39.2 Å².